The third-order valence-electron chi connectivity index (χ3n) is 9.29. The summed E-state index contributed by atoms with van der Waals surface area (Å²) < 4.78 is 33.2. The van der Waals surface area contributed by atoms with Crippen molar-refractivity contribution in [2.75, 3.05) is 18.9 Å². The van der Waals surface area contributed by atoms with Gasteiger partial charge in [-0.15, -0.1) is 11.3 Å². The van der Waals surface area contributed by atoms with Crippen LogP contribution in [0.4, 0.5) is 10.5 Å². The molecule has 2 heterocycles. The summed E-state index contributed by atoms with van der Waals surface area (Å²) in [6, 6.07) is 7.23. The molecule has 14 heteroatoms. The molecule has 1 aliphatic heterocycles. The molecule has 2 aromatic rings. The van der Waals surface area contributed by atoms with Gasteiger partial charge in [0.1, 0.15) is 11.6 Å². The standard InChI is InChI=1S/C32H39N5O7S2/c1-19-33-27(18-45-19)20-8-7-10-22(14-20)34-31(41)44-23-15-25-26(16-23)29(39)37(2)13-6-4-3-5-9-21-17-32(21,35-28(25)38)30(40)36-46(42,43)24-11-12-24/h5,7-10,14,18,21,23-26H,3-4,6,11-13,15-17H2,1-2H3,(H,34,41)(H,35,38)(H,36,40)/b9-5-/t21-,23+,25-,26-,32+/m0/s1. The fraction of sp³-hybridized carbons (Fsp3) is 0.531. The minimum Gasteiger partial charge on any atom is -0.446 e. The van der Waals surface area contributed by atoms with Gasteiger partial charge in [0.2, 0.25) is 21.8 Å². The Morgan fingerprint density at radius 2 is 1.93 bits per heavy atom. The van der Waals surface area contributed by atoms with Crippen LogP contribution in [0.5, 0.6) is 0 Å². The lowest BCUT2D eigenvalue weighted by atomic mass is 9.93. The molecule has 3 N–H and O–H groups in total. The molecule has 246 valence electrons. The van der Waals surface area contributed by atoms with E-state index >= 15 is 0 Å². The minimum atomic E-state index is -3.83. The van der Waals surface area contributed by atoms with Crippen molar-refractivity contribution < 1.29 is 32.3 Å². The van der Waals surface area contributed by atoms with Crippen molar-refractivity contribution in [3.8, 4) is 11.3 Å². The van der Waals surface area contributed by atoms with E-state index in [1.807, 2.05) is 30.5 Å². The first-order valence-corrected chi connectivity index (χ1v) is 18.2. The zero-order valence-electron chi connectivity index (χ0n) is 25.9. The number of sulfonamides is 1. The predicted octanol–water partition coefficient (Wildman–Crippen LogP) is 3.74. The van der Waals surface area contributed by atoms with Crippen LogP contribution in [0.15, 0.2) is 41.8 Å². The van der Waals surface area contributed by atoms with Crippen molar-refractivity contribution in [1.82, 2.24) is 19.9 Å². The lowest BCUT2D eigenvalue weighted by Gasteiger charge is -2.26. The quantitative estimate of drug-likeness (QED) is 0.392. The first-order chi connectivity index (χ1) is 21.9. The van der Waals surface area contributed by atoms with Crippen molar-refractivity contribution in [3.63, 3.8) is 0 Å². The number of carbonyl (C=O) groups is 4. The van der Waals surface area contributed by atoms with E-state index in [4.69, 9.17) is 4.74 Å². The number of aromatic nitrogens is 1. The van der Waals surface area contributed by atoms with Crippen LogP contribution in [0, 0.1) is 24.7 Å². The molecule has 3 saturated carbocycles. The summed E-state index contributed by atoms with van der Waals surface area (Å²) in [5.41, 5.74) is 0.736. The molecule has 6 rings (SSSR count). The second kappa shape index (κ2) is 12.8. The van der Waals surface area contributed by atoms with Gasteiger partial charge in [0.05, 0.1) is 27.8 Å². The minimum absolute atomic E-state index is 0.0835. The average molecular weight is 670 g/mol. The number of rotatable bonds is 6. The van der Waals surface area contributed by atoms with Crippen LogP contribution >= 0.6 is 11.3 Å². The molecule has 4 aliphatic rings. The van der Waals surface area contributed by atoms with Crippen LogP contribution in [0.25, 0.3) is 11.3 Å². The second-order valence-corrected chi connectivity index (χ2v) is 15.8. The van der Waals surface area contributed by atoms with E-state index < -0.39 is 56.7 Å². The number of fused-ring (bicyclic) bond motifs is 2. The van der Waals surface area contributed by atoms with Gasteiger partial charge in [0, 0.05) is 36.1 Å². The molecule has 3 aliphatic carbocycles. The third kappa shape index (κ3) is 6.97. The number of hydrogen-bond donors (Lipinski definition) is 3. The molecular formula is C32H39N5O7S2. The van der Waals surface area contributed by atoms with Gasteiger partial charge in [-0.2, -0.15) is 0 Å². The molecule has 12 nitrogen and oxygen atoms in total. The van der Waals surface area contributed by atoms with E-state index in [1.165, 1.54) is 11.3 Å². The van der Waals surface area contributed by atoms with Crippen molar-refractivity contribution in [2.24, 2.45) is 17.8 Å². The molecule has 0 spiro atoms. The van der Waals surface area contributed by atoms with Crippen LogP contribution in [0.1, 0.15) is 56.4 Å². The van der Waals surface area contributed by atoms with Gasteiger partial charge >= 0.3 is 6.09 Å². The van der Waals surface area contributed by atoms with E-state index in [1.54, 1.807) is 30.1 Å². The summed E-state index contributed by atoms with van der Waals surface area (Å²) in [6.45, 7) is 2.44. The SMILES string of the molecule is Cc1nc(-c2cccc(NC(=O)O[C@@H]3C[C@@H]4C(=O)N[C@]5(C(=O)NS(=O)(=O)C6CC6)C[C@@H]5/C=C\CCCCN(C)C(=O)[C@H]4C3)c2)cs1. The number of thiazole rings is 1. The van der Waals surface area contributed by atoms with Crippen LogP contribution in [-0.2, 0) is 29.1 Å². The highest BCUT2D eigenvalue weighted by molar-refractivity contribution is 7.91. The number of anilines is 1. The lowest BCUT2D eigenvalue weighted by molar-refractivity contribution is -0.140. The largest absolute Gasteiger partial charge is 0.446 e. The van der Waals surface area contributed by atoms with Crippen molar-refractivity contribution >= 4 is 50.9 Å². The van der Waals surface area contributed by atoms with Crippen molar-refractivity contribution in [1.29, 1.82) is 0 Å². The van der Waals surface area contributed by atoms with E-state index in [0.717, 1.165) is 35.5 Å². The van der Waals surface area contributed by atoms with E-state index in [-0.39, 0.29) is 31.1 Å². The molecular weight excluding hydrogens is 631 g/mol. The lowest BCUT2D eigenvalue weighted by Crippen LogP contribution is -2.54. The summed E-state index contributed by atoms with van der Waals surface area (Å²) in [6.07, 6.45) is 6.17. The zero-order chi connectivity index (χ0) is 32.6. The van der Waals surface area contributed by atoms with Crippen LogP contribution in [0.3, 0.4) is 0 Å². The number of nitrogens with zero attached hydrogens (tertiary/aromatic N) is 2. The van der Waals surface area contributed by atoms with Gasteiger partial charge < -0.3 is 15.0 Å². The summed E-state index contributed by atoms with van der Waals surface area (Å²) in [5, 5.41) is 7.87. The van der Waals surface area contributed by atoms with Gasteiger partial charge in [0.15, 0.2) is 0 Å². The summed E-state index contributed by atoms with van der Waals surface area (Å²) in [4.78, 5) is 60.0. The number of allylic oxidation sites excluding steroid dienone is 1. The van der Waals surface area contributed by atoms with Gasteiger partial charge in [-0.05, 0) is 70.4 Å². The molecule has 0 radical (unpaired) electrons. The second-order valence-electron chi connectivity index (χ2n) is 12.8. The zero-order valence-corrected chi connectivity index (χ0v) is 27.5. The number of benzene rings is 1. The fourth-order valence-corrected chi connectivity index (χ4v) is 8.43. The third-order valence-corrected chi connectivity index (χ3v) is 11.9. The smallest absolute Gasteiger partial charge is 0.411 e. The van der Waals surface area contributed by atoms with E-state index in [2.05, 4.69) is 20.3 Å². The van der Waals surface area contributed by atoms with Gasteiger partial charge in [0.25, 0.3) is 5.91 Å². The molecule has 1 aromatic carbocycles. The van der Waals surface area contributed by atoms with E-state index in [0.29, 0.717) is 25.1 Å². The Balaban J connectivity index is 1.18. The normalized spacial score (nSPS) is 29.0. The van der Waals surface area contributed by atoms with Crippen LogP contribution in [-0.4, -0.2) is 72.6 Å². The molecule has 0 unspecified atom stereocenters. The summed E-state index contributed by atoms with van der Waals surface area (Å²) in [5.74, 6) is -3.53. The van der Waals surface area contributed by atoms with Crippen LogP contribution in [0.2, 0.25) is 0 Å². The Morgan fingerprint density at radius 1 is 1.15 bits per heavy atom. The maximum absolute atomic E-state index is 13.9. The fourth-order valence-electron chi connectivity index (χ4n) is 6.44. The number of carbonyl (C=O) groups excluding carboxylic acids is 4. The van der Waals surface area contributed by atoms with Gasteiger partial charge in [-0.1, -0.05) is 24.3 Å². The average Bonchev–Trinajstić information content (AvgIpc) is 3.90. The highest BCUT2D eigenvalue weighted by Crippen LogP contribution is 2.47. The molecule has 5 atom stereocenters. The Kier molecular flexibility index (Phi) is 8.94. The first-order valence-electron chi connectivity index (χ1n) is 15.7. The number of nitrogens with one attached hydrogen (secondary N) is 3. The van der Waals surface area contributed by atoms with Gasteiger partial charge in [-0.25, -0.2) is 18.2 Å². The van der Waals surface area contributed by atoms with Gasteiger partial charge in [-0.3, -0.25) is 24.4 Å². The molecule has 3 fully saturated rings. The predicted molar refractivity (Wildman–Crippen MR) is 172 cm³/mol. The summed E-state index contributed by atoms with van der Waals surface area (Å²) in [7, 11) is -2.13. The van der Waals surface area contributed by atoms with E-state index in [9.17, 15) is 27.6 Å². The Labute approximate surface area is 272 Å². The molecule has 4 amide bonds. The van der Waals surface area contributed by atoms with Crippen LogP contribution < -0.4 is 15.4 Å². The Hall–Kier alpha value is -3.78. The molecule has 46 heavy (non-hydrogen) atoms. The Morgan fingerprint density at radius 3 is 2.67 bits per heavy atom. The molecule has 1 aromatic heterocycles. The first kappa shape index (κ1) is 32.2. The number of aryl methyl sites for hydroxylation is 1. The van der Waals surface area contributed by atoms with Crippen molar-refractivity contribution in [3.05, 3.63) is 46.8 Å². The highest BCUT2D eigenvalue weighted by Gasteiger charge is 2.62. The number of amides is 4. The number of ether oxygens (including phenoxy) is 1. The Bertz CT molecular complexity index is 1670. The number of hydrogen-bond acceptors (Lipinski definition) is 9. The molecule has 0 bridgehead atoms. The highest BCUT2D eigenvalue weighted by atomic mass is 32.2. The van der Waals surface area contributed by atoms with Crippen molar-refractivity contribution in [2.45, 2.75) is 75.2 Å². The maximum Gasteiger partial charge on any atom is 0.411 e. The monoisotopic (exact) mass is 669 g/mol. The topological polar surface area (TPSA) is 164 Å². The maximum atomic E-state index is 13.9. The summed E-state index contributed by atoms with van der Waals surface area (Å²) >= 11 is 1.53. The molecule has 0 saturated heterocycles.